The number of thiocarbonyl (C=S) groups is 1. The molecule has 0 atom stereocenters. The van der Waals surface area contributed by atoms with E-state index in [0.29, 0.717) is 5.92 Å². The van der Waals surface area contributed by atoms with Gasteiger partial charge in [0, 0.05) is 26.2 Å². The lowest BCUT2D eigenvalue weighted by molar-refractivity contribution is 0.304. The molecule has 0 aliphatic rings. The summed E-state index contributed by atoms with van der Waals surface area (Å²) in [6.45, 7) is 10.7. The first-order chi connectivity index (χ1) is 7.97. The fourth-order valence-corrected chi connectivity index (χ4v) is 1.79. The molecule has 102 valence electrons. The summed E-state index contributed by atoms with van der Waals surface area (Å²) in [7, 11) is 4.20. The van der Waals surface area contributed by atoms with Gasteiger partial charge >= 0.3 is 0 Å². The molecular weight excluding hydrogens is 230 g/mol. The molecule has 0 fully saturated rings. The minimum atomic E-state index is 0.642. The van der Waals surface area contributed by atoms with Crippen molar-refractivity contribution in [2.75, 3.05) is 40.3 Å². The second-order valence-electron chi connectivity index (χ2n) is 5.23. The first-order valence-electron chi connectivity index (χ1n) is 6.64. The first kappa shape index (κ1) is 16.6. The minimum Gasteiger partial charge on any atom is -0.363 e. The van der Waals surface area contributed by atoms with Crippen LogP contribution >= 0.6 is 12.2 Å². The Bertz CT molecular complexity index is 205. The van der Waals surface area contributed by atoms with Gasteiger partial charge in [0.15, 0.2) is 5.11 Å². The second-order valence-corrected chi connectivity index (χ2v) is 5.62. The van der Waals surface area contributed by atoms with Crippen LogP contribution in [-0.4, -0.2) is 55.2 Å². The highest BCUT2D eigenvalue weighted by molar-refractivity contribution is 7.80. The SMILES string of the molecule is CCCCNC(=S)N(CCN(C)C)CC(C)C. The molecule has 0 saturated heterocycles. The van der Waals surface area contributed by atoms with E-state index in [9.17, 15) is 0 Å². The summed E-state index contributed by atoms with van der Waals surface area (Å²) in [5, 5.41) is 4.26. The van der Waals surface area contributed by atoms with Gasteiger partial charge < -0.3 is 15.1 Å². The topological polar surface area (TPSA) is 18.5 Å². The third kappa shape index (κ3) is 9.36. The van der Waals surface area contributed by atoms with Crippen LogP contribution in [0.4, 0.5) is 0 Å². The highest BCUT2D eigenvalue weighted by Crippen LogP contribution is 2.00. The van der Waals surface area contributed by atoms with Gasteiger partial charge in [-0.2, -0.15) is 0 Å². The second kappa shape index (κ2) is 9.66. The van der Waals surface area contributed by atoms with E-state index in [-0.39, 0.29) is 0 Å². The van der Waals surface area contributed by atoms with Gasteiger partial charge in [0.25, 0.3) is 0 Å². The van der Waals surface area contributed by atoms with E-state index in [4.69, 9.17) is 12.2 Å². The Morgan fingerprint density at radius 1 is 1.24 bits per heavy atom. The molecule has 17 heavy (non-hydrogen) atoms. The maximum Gasteiger partial charge on any atom is 0.168 e. The van der Waals surface area contributed by atoms with Gasteiger partial charge in [-0.1, -0.05) is 27.2 Å². The molecule has 0 bridgehead atoms. The molecule has 3 nitrogen and oxygen atoms in total. The Labute approximate surface area is 113 Å². The molecule has 0 aliphatic carbocycles. The zero-order valence-electron chi connectivity index (χ0n) is 12.1. The minimum absolute atomic E-state index is 0.642. The lowest BCUT2D eigenvalue weighted by atomic mass is 10.2. The molecule has 0 heterocycles. The number of unbranched alkanes of at least 4 members (excludes halogenated alkanes) is 1. The highest BCUT2D eigenvalue weighted by Gasteiger charge is 2.10. The molecule has 0 amide bonds. The fraction of sp³-hybridized carbons (Fsp3) is 0.923. The first-order valence-corrected chi connectivity index (χ1v) is 7.05. The van der Waals surface area contributed by atoms with Gasteiger partial charge in [-0.15, -0.1) is 0 Å². The number of hydrogen-bond donors (Lipinski definition) is 1. The molecule has 0 saturated carbocycles. The number of rotatable bonds is 8. The van der Waals surface area contributed by atoms with Crippen molar-refractivity contribution in [1.82, 2.24) is 15.1 Å². The maximum atomic E-state index is 5.46. The summed E-state index contributed by atoms with van der Waals surface area (Å²) in [5.74, 6) is 0.642. The Hall–Kier alpha value is -0.350. The number of hydrogen-bond acceptors (Lipinski definition) is 2. The molecular formula is C13H29N3S. The van der Waals surface area contributed by atoms with Crippen LogP contribution in [0.5, 0.6) is 0 Å². The Morgan fingerprint density at radius 3 is 2.35 bits per heavy atom. The van der Waals surface area contributed by atoms with Crippen LogP contribution in [0.15, 0.2) is 0 Å². The van der Waals surface area contributed by atoms with Crippen LogP contribution < -0.4 is 5.32 Å². The van der Waals surface area contributed by atoms with Crippen LogP contribution in [0.2, 0.25) is 0 Å². The highest BCUT2D eigenvalue weighted by atomic mass is 32.1. The van der Waals surface area contributed by atoms with E-state index in [1.54, 1.807) is 0 Å². The van der Waals surface area contributed by atoms with E-state index in [1.807, 2.05) is 0 Å². The summed E-state index contributed by atoms with van der Waals surface area (Å²) < 4.78 is 0. The van der Waals surface area contributed by atoms with Crippen molar-refractivity contribution in [2.24, 2.45) is 5.92 Å². The van der Waals surface area contributed by atoms with Gasteiger partial charge in [0.2, 0.25) is 0 Å². The zero-order valence-corrected chi connectivity index (χ0v) is 12.9. The lowest BCUT2D eigenvalue weighted by Crippen LogP contribution is -2.44. The van der Waals surface area contributed by atoms with E-state index in [2.05, 4.69) is 50.0 Å². The average Bonchev–Trinajstić information content (AvgIpc) is 2.23. The van der Waals surface area contributed by atoms with Crippen LogP contribution in [0.1, 0.15) is 33.6 Å². The standard InChI is InChI=1S/C13H29N3S/c1-6-7-8-14-13(17)16(11-12(2)3)10-9-15(4)5/h12H,6-11H2,1-5H3,(H,14,17). The predicted molar refractivity (Wildman–Crippen MR) is 80.5 cm³/mol. The molecule has 0 spiro atoms. The van der Waals surface area contributed by atoms with Crippen LogP contribution in [-0.2, 0) is 0 Å². The van der Waals surface area contributed by atoms with Crippen molar-refractivity contribution in [2.45, 2.75) is 33.6 Å². The van der Waals surface area contributed by atoms with E-state index < -0.39 is 0 Å². The monoisotopic (exact) mass is 259 g/mol. The van der Waals surface area contributed by atoms with E-state index in [1.165, 1.54) is 12.8 Å². The summed E-state index contributed by atoms with van der Waals surface area (Å²) in [5.41, 5.74) is 0. The van der Waals surface area contributed by atoms with Crippen molar-refractivity contribution in [3.05, 3.63) is 0 Å². The molecule has 0 aromatic heterocycles. The number of nitrogens with one attached hydrogen (secondary N) is 1. The normalized spacial score (nSPS) is 11.0. The smallest absolute Gasteiger partial charge is 0.168 e. The molecule has 4 heteroatoms. The number of nitrogens with zero attached hydrogens (tertiary/aromatic N) is 2. The molecule has 0 rings (SSSR count). The summed E-state index contributed by atoms with van der Waals surface area (Å²) >= 11 is 5.46. The Kier molecular flexibility index (Phi) is 9.46. The van der Waals surface area contributed by atoms with Gasteiger partial charge in [0.05, 0.1) is 0 Å². The Morgan fingerprint density at radius 2 is 1.88 bits per heavy atom. The van der Waals surface area contributed by atoms with Crippen LogP contribution in [0.3, 0.4) is 0 Å². The van der Waals surface area contributed by atoms with Gasteiger partial charge in [-0.25, -0.2) is 0 Å². The molecule has 0 aromatic rings. The third-order valence-electron chi connectivity index (χ3n) is 2.50. The van der Waals surface area contributed by atoms with Gasteiger partial charge in [0.1, 0.15) is 0 Å². The molecule has 0 radical (unpaired) electrons. The van der Waals surface area contributed by atoms with Crippen molar-refractivity contribution >= 4 is 17.3 Å². The predicted octanol–water partition coefficient (Wildman–Crippen LogP) is 2.18. The summed E-state index contributed by atoms with van der Waals surface area (Å²) in [6, 6.07) is 0. The van der Waals surface area contributed by atoms with E-state index >= 15 is 0 Å². The van der Waals surface area contributed by atoms with Crippen molar-refractivity contribution in [1.29, 1.82) is 0 Å². The van der Waals surface area contributed by atoms with Crippen molar-refractivity contribution in [3.8, 4) is 0 Å². The average molecular weight is 259 g/mol. The molecule has 1 N–H and O–H groups in total. The van der Waals surface area contributed by atoms with Gasteiger partial charge in [-0.3, -0.25) is 0 Å². The lowest BCUT2D eigenvalue weighted by Gasteiger charge is -2.28. The van der Waals surface area contributed by atoms with E-state index in [0.717, 1.165) is 31.3 Å². The largest absolute Gasteiger partial charge is 0.363 e. The number of likely N-dealkylation sites (N-methyl/N-ethyl adjacent to an activating group) is 1. The third-order valence-corrected chi connectivity index (χ3v) is 2.90. The zero-order chi connectivity index (χ0) is 13.3. The quantitative estimate of drug-likeness (QED) is 0.532. The summed E-state index contributed by atoms with van der Waals surface area (Å²) in [6.07, 6.45) is 2.39. The molecule has 0 unspecified atom stereocenters. The van der Waals surface area contributed by atoms with Crippen LogP contribution in [0, 0.1) is 5.92 Å². The van der Waals surface area contributed by atoms with Crippen molar-refractivity contribution in [3.63, 3.8) is 0 Å². The van der Waals surface area contributed by atoms with Crippen molar-refractivity contribution < 1.29 is 0 Å². The molecule has 0 aromatic carbocycles. The maximum absolute atomic E-state index is 5.46. The Balaban J connectivity index is 4.10. The molecule has 0 aliphatic heterocycles. The fourth-order valence-electron chi connectivity index (χ4n) is 1.52. The summed E-state index contributed by atoms with van der Waals surface area (Å²) in [4.78, 5) is 4.48. The van der Waals surface area contributed by atoms with Crippen LogP contribution in [0.25, 0.3) is 0 Å². The van der Waals surface area contributed by atoms with Gasteiger partial charge in [-0.05, 0) is 38.7 Å².